The van der Waals surface area contributed by atoms with Gasteiger partial charge in [-0.2, -0.15) is 4.31 Å². The highest BCUT2D eigenvalue weighted by atomic mass is 32.2. The maximum Gasteiger partial charge on any atom is 0.328 e. The van der Waals surface area contributed by atoms with E-state index in [1.807, 2.05) is 44.2 Å². The van der Waals surface area contributed by atoms with E-state index in [1.165, 1.54) is 28.4 Å². The summed E-state index contributed by atoms with van der Waals surface area (Å²) in [5.41, 5.74) is 0.784. The topological polar surface area (TPSA) is 166 Å². The van der Waals surface area contributed by atoms with Crippen molar-refractivity contribution in [3.05, 3.63) is 60.2 Å². The highest BCUT2D eigenvalue weighted by Gasteiger charge is 2.45. The first-order valence-corrected chi connectivity index (χ1v) is 18.3. The standard InChI is InChI=1S/C35H49N5O9S/c1-24(2)20-38(50(46,47)28-13-11-27(48-5)12-14-28)21-30(41)29(19-26-9-7-6-8-10-26)36-34(44)33(25(3)4)40-23-32(43)39(35(40)45)22-31(42)37-15-17-49-18-16-37/h6-14,24-25,29-30,33,41H,15-23H2,1-5H3,(H,36,44)/t29-,30-,33-/m0/s1. The van der Waals surface area contributed by atoms with Crippen molar-refractivity contribution in [1.82, 2.24) is 24.3 Å². The van der Waals surface area contributed by atoms with Gasteiger partial charge in [-0.3, -0.25) is 19.3 Å². The number of nitrogens with zero attached hydrogens (tertiary/aromatic N) is 4. The molecule has 2 aliphatic heterocycles. The molecular formula is C35H49N5O9S. The van der Waals surface area contributed by atoms with Gasteiger partial charge in [-0.1, -0.05) is 58.0 Å². The number of imide groups is 1. The molecule has 0 aromatic heterocycles. The van der Waals surface area contributed by atoms with Crippen molar-refractivity contribution < 1.29 is 42.2 Å². The molecule has 2 aromatic carbocycles. The van der Waals surface area contributed by atoms with Crippen LogP contribution in [0.4, 0.5) is 4.79 Å². The lowest BCUT2D eigenvalue weighted by Gasteiger charge is -2.34. The summed E-state index contributed by atoms with van der Waals surface area (Å²) in [7, 11) is -2.58. The minimum Gasteiger partial charge on any atom is -0.497 e. The Morgan fingerprint density at radius 1 is 0.980 bits per heavy atom. The molecule has 50 heavy (non-hydrogen) atoms. The number of rotatable bonds is 16. The van der Waals surface area contributed by atoms with Crippen LogP contribution in [0, 0.1) is 11.8 Å². The number of hydrogen-bond acceptors (Lipinski definition) is 9. The smallest absolute Gasteiger partial charge is 0.328 e. The first-order chi connectivity index (χ1) is 23.7. The maximum atomic E-state index is 14.1. The number of nitrogens with one attached hydrogen (secondary N) is 1. The van der Waals surface area contributed by atoms with Gasteiger partial charge < -0.3 is 29.7 Å². The van der Waals surface area contributed by atoms with E-state index < -0.39 is 58.5 Å². The average molecular weight is 716 g/mol. The fourth-order valence-electron chi connectivity index (χ4n) is 6.12. The van der Waals surface area contributed by atoms with E-state index in [2.05, 4.69) is 5.32 Å². The Morgan fingerprint density at radius 3 is 2.20 bits per heavy atom. The number of hydrogen-bond donors (Lipinski definition) is 2. The molecule has 14 nitrogen and oxygen atoms in total. The Balaban J connectivity index is 1.56. The molecule has 2 saturated heterocycles. The number of sulfonamides is 1. The van der Waals surface area contributed by atoms with Crippen LogP contribution in [-0.2, 0) is 35.6 Å². The summed E-state index contributed by atoms with van der Waals surface area (Å²) in [6.07, 6.45) is -1.21. The first kappa shape index (κ1) is 38.7. The van der Waals surface area contributed by atoms with Crippen molar-refractivity contribution in [1.29, 1.82) is 0 Å². The van der Waals surface area contributed by atoms with Gasteiger partial charge in [-0.25, -0.2) is 13.2 Å². The summed E-state index contributed by atoms with van der Waals surface area (Å²) >= 11 is 0. The van der Waals surface area contributed by atoms with E-state index in [0.717, 1.165) is 15.4 Å². The van der Waals surface area contributed by atoms with E-state index in [9.17, 15) is 32.7 Å². The Morgan fingerprint density at radius 2 is 1.62 bits per heavy atom. The molecule has 5 amide bonds. The number of aliphatic hydroxyl groups is 1. The number of methoxy groups -OCH3 is 1. The number of morpholine rings is 1. The van der Waals surface area contributed by atoms with Crippen LogP contribution >= 0.6 is 0 Å². The third-order valence-corrected chi connectivity index (χ3v) is 10.6. The molecule has 2 fully saturated rings. The van der Waals surface area contributed by atoms with Crippen molar-refractivity contribution in [3.8, 4) is 5.75 Å². The number of carbonyl (C=O) groups excluding carboxylic acids is 4. The summed E-state index contributed by atoms with van der Waals surface area (Å²) in [5.74, 6) is -1.64. The highest BCUT2D eigenvalue weighted by molar-refractivity contribution is 7.89. The monoisotopic (exact) mass is 715 g/mol. The normalized spacial score (nSPS) is 17.4. The highest BCUT2D eigenvalue weighted by Crippen LogP contribution is 2.23. The molecule has 2 aliphatic rings. The van der Waals surface area contributed by atoms with E-state index >= 15 is 0 Å². The summed E-state index contributed by atoms with van der Waals surface area (Å²) < 4.78 is 39.3. The number of amides is 5. The summed E-state index contributed by atoms with van der Waals surface area (Å²) in [6, 6.07) is 12.3. The van der Waals surface area contributed by atoms with Crippen LogP contribution in [0.25, 0.3) is 0 Å². The summed E-state index contributed by atoms with van der Waals surface area (Å²) in [5, 5.41) is 14.6. The Hall–Kier alpha value is -4.05. The van der Waals surface area contributed by atoms with Gasteiger partial charge in [0, 0.05) is 26.2 Å². The van der Waals surface area contributed by atoms with Gasteiger partial charge in [0.2, 0.25) is 21.8 Å². The van der Waals surface area contributed by atoms with Gasteiger partial charge in [0.25, 0.3) is 5.91 Å². The first-order valence-electron chi connectivity index (χ1n) is 16.9. The molecule has 0 saturated carbocycles. The lowest BCUT2D eigenvalue weighted by molar-refractivity contribution is -0.139. The lowest BCUT2D eigenvalue weighted by Crippen LogP contribution is -2.57. The van der Waals surface area contributed by atoms with Crippen molar-refractivity contribution in [2.24, 2.45) is 11.8 Å². The second-order valence-electron chi connectivity index (χ2n) is 13.3. The number of urea groups is 1. The molecule has 2 aromatic rings. The molecule has 3 atom stereocenters. The van der Waals surface area contributed by atoms with Crippen molar-refractivity contribution in [2.45, 2.75) is 57.2 Å². The minimum atomic E-state index is -4.06. The summed E-state index contributed by atoms with van der Waals surface area (Å²) in [6.45, 7) is 7.61. The van der Waals surface area contributed by atoms with E-state index in [1.54, 1.807) is 26.0 Å². The number of ether oxygens (including phenoxy) is 2. The van der Waals surface area contributed by atoms with Gasteiger partial charge in [0.15, 0.2) is 0 Å². The predicted octanol–water partition coefficient (Wildman–Crippen LogP) is 1.58. The Labute approximate surface area is 294 Å². The molecule has 274 valence electrons. The quantitative estimate of drug-likeness (QED) is 0.246. The van der Waals surface area contributed by atoms with E-state index in [-0.39, 0.29) is 42.8 Å². The zero-order valence-electron chi connectivity index (χ0n) is 29.4. The second kappa shape index (κ2) is 17.2. The second-order valence-corrected chi connectivity index (χ2v) is 15.3. The Kier molecular flexibility index (Phi) is 13.4. The molecule has 0 radical (unpaired) electrons. The van der Waals surface area contributed by atoms with Crippen molar-refractivity contribution in [2.75, 3.05) is 59.6 Å². The fourth-order valence-corrected chi connectivity index (χ4v) is 7.74. The van der Waals surface area contributed by atoms with Gasteiger partial charge in [0.1, 0.15) is 24.9 Å². The Bertz CT molecular complexity index is 1580. The zero-order valence-corrected chi connectivity index (χ0v) is 30.2. The van der Waals surface area contributed by atoms with E-state index in [4.69, 9.17) is 9.47 Å². The largest absolute Gasteiger partial charge is 0.497 e. The molecule has 0 bridgehead atoms. The van der Waals surface area contributed by atoms with E-state index in [0.29, 0.717) is 32.1 Å². The zero-order chi connectivity index (χ0) is 36.6. The van der Waals surface area contributed by atoms with Crippen LogP contribution < -0.4 is 10.1 Å². The molecule has 2 heterocycles. The van der Waals surface area contributed by atoms with Crippen molar-refractivity contribution >= 4 is 33.8 Å². The average Bonchev–Trinajstić information content (AvgIpc) is 3.35. The molecule has 15 heteroatoms. The number of aliphatic hydroxyl groups excluding tert-OH is 1. The predicted molar refractivity (Wildman–Crippen MR) is 185 cm³/mol. The van der Waals surface area contributed by atoms with Gasteiger partial charge >= 0.3 is 6.03 Å². The van der Waals surface area contributed by atoms with Crippen LogP contribution in [0.2, 0.25) is 0 Å². The van der Waals surface area contributed by atoms with Crippen LogP contribution in [0.3, 0.4) is 0 Å². The molecule has 0 aliphatic carbocycles. The molecule has 4 rings (SSSR count). The van der Waals surface area contributed by atoms with Crippen LogP contribution in [0.1, 0.15) is 33.3 Å². The molecule has 0 unspecified atom stereocenters. The minimum absolute atomic E-state index is 0.0311. The van der Waals surface area contributed by atoms with Crippen LogP contribution in [-0.4, -0.2) is 134 Å². The van der Waals surface area contributed by atoms with Gasteiger partial charge in [-0.15, -0.1) is 0 Å². The number of carbonyl (C=O) groups is 4. The maximum absolute atomic E-state index is 14.1. The fraction of sp³-hybridized carbons (Fsp3) is 0.543. The van der Waals surface area contributed by atoms with Gasteiger partial charge in [0.05, 0.1) is 37.4 Å². The molecular weight excluding hydrogens is 666 g/mol. The molecule has 0 spiro atoms. The van der Waals surface area contributed by atoms with Crippen LogP contribution in [0.15, 0.2) is 59.5 Å². The summed E-state index contributed by atoms with van der Waals surface area (Å²) in [4.78, 5) is 57.1. The van der Waals surface area contributed by atoms with Crippen molar-refractivity contribution in [3.63, 3.8) is 0 Å². The molecule has 2 N–H and O–H groups in total. The lowest BCUT2D eigenvalue weighted by atomic mass is 9.97. The van der Waals surface area contributed by atoms with Gasteiger partial charge in [-0.05, 0) is 48.1 Å². The van der Waals surface area contributed by atoms with Crippen LogP contribution in [0.5, 0.6) is 5.75 Å². The number of benzene rings is 2. The third-order valence-electron chi connectivity index (χ3n) is 8.72. The third kappa shape index (κ3) is 9.59. The SMILES string of the molecule is COc1ccc(S(=O)(=O)N(CC(C)C)C[C@H](O)[C@H](Cc2ccccc2)NC(=O)[C@H](C(C)C)N2CC(=O)N(CC(=O)N3CCOCC3)C2=O)cc1.